The minimum absolute atomic E-state index is 0.115. The highest BCUT2D eigenvalue weighted by Crippen LogP contribution is 2.32. The van der Waals surface area contributed by atoms with Gasteiger partial charge in [-0.25, -0.2) is 4.39 Å². The van der Waals surface area contributed by atoms with Gasteiger partial charge in [-0.2, -0.15) is 0 Å². The summed E-state index contributed by atoms with van der Waals surface area (Å²) in [5.41, 5.74) is 2.15. The molecule has 4 rings (SSSR count). The molecule has 0 saturated carbocycles. The van der Waals surface area contributed by atoms with E-state index in [1.54, 1.807) is 32.3 Å². The van der Waals surface area contributed by atoms with Crippen molar-refractivity contribution in [2.24, 2.45) is 0 Å². The maximum atomic E-state index is 14.4. The summed E-state index contributed by atoms with van der Waals surface area (Å²) in [6.45, 7) is 0.328. The predicted molar refractivity (Wildman–Crippen MR) is 117 cm³/mol. The quantitative estimate of drug-likeness (QED) is 0.427. The van der Waals surface area contributed by atoms with Crippen LogP contribution in [0.5, 0.6) is 5.75 Å². The van der Waals surface area contributed by atoms with Crippen molar-refractivity contribution in [3.63, 3.8) is 0 Å². The van der Waals surface area contributed by atoms with Crippen LogP contribution in [-0.4, -0.2) is 59.2 Å². The summed E-state index contributed by atoms with van der Waals surface area (Å²) in [6, 6.07) is 8.68. The van der Waals surface area contributed by atoms with E-state index < -0.39 is 24.2 Å². The Morgan fingerprint density at radius 3 is 2.79 bits per heavy atom. The molecule has 2 aromatic carbocycles. The fraction of sp³-hybridized carbons (Fsp3) is 0.348. The highest BCUT2D eigenvalue weighted by molar-refractivity contribution is 6.06. The molecule has 1 fully saturated rings. The molecule has 0 aliphatic carbocycles. The van der Waals surface area contributed by atoms with E-state index in [4.69, 9.17) is 4.74 Å². The normalized spacial score (nSPS) is 18.9. The zero-order valence-corrected chi connectivity index (χ0v) is 18.3. The van der Waals surface area contributed by atoms with Gasteiger partial charge < -0.3 is 20.1 Å². The first-order valence-corrected chi connectivity index (χ1v) is 10.5. The fourth-order valence-electron chi connectivity index (χ4n) is 3.93. The number of aliphatic hydroxyl groups is 1. The van der Waals surface area contributed by atoms with Gasteiger partial charge in [-0.05, 0) is 50.8 Å². The number of imide groups is 1. The largest absolute Gasteiger partial charge is 0.451 e. The lowest BCUT2D eigenvalue weighted by Gasteiger charge is -2.29. The number of carbonyl (C=O) groups is 3. The number of nitrogens with one attached hydrogen (secondary N) is 2. The first-order valence-electron chi connectivity index (χ1n) is 10.5. The SMILES string of the molecule is CN(C)C(O)Oc1ccc(F)c(CNc2cccc3c2CN([C@H]2CCC(=O)NC2=O)C3=O)c1. The molecule has 33 heavy (non-hydrogen) atoms. The molecular formula is C23H25FN4O5. The van der Waals surface area contributed by atoms with Crippen LogP contribution in [-0.2, 0) is 22.7 Å². The number of hydrogen-bond donors (Lipinski definition) is 3. The van der Waals surface area contributed by atoms with Crippen molar-refractivity contribution in [2.45, 2.75) is 38.4 Å². The van der Waals surface area contributed by atoms with E-state index in [0.29, 0.717) is 28.1 Å². The lowest BCUT2D eigenvalue weighted by molar-refractivity contribution is -0.136. The van der Waals surface area contributed by atoms with Gasteiger partial charge >= 0.3 is 0 Å². The van der Waals surface area contributed by atoms with Crippen molar-refractivity contribution in [2.75, 3.05) is 19.4 Å². The highest BCUT2D eigenvalue weighted by atomic mass is 19.1. The maximum Gasteiger partial charge on any atom is 0.259 e. The summed E-state index contributed by atoms with van der Waals surface area (Å²) in [6.07, 6.45) is -0.704. The first kappa shape index (κ1) is 22.7. The van der Waals surface area contributed by atoms with Gasteiger partial charge in [-0.1, -0.05) is 6.07 Å². The molecule has 0 bridgehead atoms. The minimum atomic E-state index is -1.17. The Balaban J connectivity index is 1.50. The van der Waals surface area contributed by atoms with Crippen LogP contribution in [0.25, 0.3) is 0 Å². The molecule has 0 spiro atoms. The van der Waals surface area contributed by atoms with Crippen LogP contribution in [0.4, 0.5) is 10.1 Å². The van der Waals surface area contributed by atoms with Crippen LogP contribution in [0.15, 0.2) is 36.4 Å². The highest BCUT2D eigenvalue weighted by Gasteiger charge is 2.39. The van der Waals surface area contributed by atoms with E-state index in [2.05, 4.69) is 10.6 Å². The standard InChI is InChI=1S/C23H25FN4O5/c1-27(2)23(32)33-14-6-7-17(24)13(10-14)11-25-18-5-3-4-15-16(18)12-28(22(15)31)19-8-9-20(29)26-21(19)30/h3-7,10,19,23,25,32H,8-9,11-12H2,1-2H3,(H,26,29,30)/t19-,23?/m0/s1. The van der Waals surface area contributed by atoms with E-state index >= 15 is 0 Å². The van der Waals surface area contributed by atoms with Gasteiger partial charge in [-0.15, -0.1) is 0 Å². The number of rotatable bonds is 7. The summed E-state index contributed by atoms with van der Waals surface area (Å²) in [4.78, 5) is 39.6. The van der Waals surface area contributed by atoms with E-state index in [0.717, 1.165) is 0 Å². The number of ether oxygens (including phenoxy) is 1. The van der Waals surface area contributed by atoms with Crippen LogP contribution in [0.1, 0.15) is 34.3 Å². The third kappa shape index (κ3) is 4.67. The molecule has 0 aromatic heterocycles. The van der Waals surface area contributed by atoms with Gasteiger partial charge in [0.1, 0.15) is 17.6 Å². The fourth-order valence-corrected chi connectivity index (χ4v) is 3.93. The van der Waals surface area contributed by atoms with Crippen molar-refractivity contribution >= 4 is 23.4 Å². The van der Waals surface area contributed by atoms with Crippen molar-refractivity contribution in [3.8, 4) is 5.75 Å². The first-order chi connectivity index (χ1) is 15.7. The van der Waals surface area contributed by atoms with Crippen molar-refractivity contribution in [1.29, 1.82) is 0 Å². The molecular weight excluding hydrogens is 431 g/mol. The predicted octanol–water partition coefficient (Wildman–Crippen LogP) is 1.42. The number of nitrogens with zero attached hydrogens (tertiary/aromatic N) is 2. The third-order valence-corrected chi connectivity index (χ3v) is 5.75. The number of benzene rings is 2. The summed E-state index contributed by atoms with van der Waals surface area (Å²) >= 11 is 0. The summed E-state index contributed by atoms with van der Waals surface area (Å²) in [5.74, 6) is -1.22. The zero-order chi connectivity index (χ0) is 23.7. The number of anilines is 1. The van der Waals surface area contributed by atoms with E-state index in [1.165, 1.54) is 28.0 Å². The summed E-state index contributed by atoms with van der Waals surface area (Å²) in [5, 5.41) is 15.3. The molecule has 3 N–H and O–H groups in total. The Morgan fingerprint density at radius 2 is 2.06 bits per heavy atom. The Labute approximate surface area is 190 Å². The topological polar surface area (TPSA) is 111 Å². The Bertz CT molecular complexity index is 1110. The van der Waals surface area contributed by atoms with Gasteiger partial charge in [0.15, 0.2) is 0 Å². The van der Waals surface area contributed by atoms with E-state index in [9.17, 15) is 23.9 Å². The van der Waals surface area contributed by atoms with Crippen LogP contribution in [0, 0.1) is 5.82 Å². The number of aliphatic hydroxyl groups excluding tert-OH is 1. The monoisotopic (exact) mass is 456 g/mol. The van der Waals surface area contributed by atoms with Gasteiger partial charge in [-0.3, -0.25) is 24.6 Å². The molecule has 174 valence electrons. The Kier molecular flexibility index (Phi) is 6.30. The van der Waals surface area contributed by atoms with Crippen LogP contribution < -0.4 is 15.4 Å². The van der Waals surface area contributed by atoms with Crippen molar-refractivity contribution < 1.29 is 28.6 Å². The van der Waals surface area contributed by atoms with Gasteiger partial charge in [0, 0.05) is 41.9 Å². The van der Waals surface area contributed by atoms with Crippen molar-refractivity contribution in [1.82, 2.24) is 15.1 Å². The second-order valence-corrected chi connectivity index (χ2v) is 8.25. The van der Waals surface area contributed by atoms with Crippen LogP contribution in [0.3, 0.4) is 0 Å². The zero-order valence-electron chi connectivity index (χ0n) is 18.3. The molecule has 3 amide bonds. The Hall–Kier alpha value is -3.50. The number of fused-ring (bicyclic) bond motifs is 1. The van der Waals surface area contributed by atoms with Crippen molar-refractivity contribution in [3.05, 3.63) is 58.9 Å². The Morgan fingerprint density at radius 1 is 1.27 bits per heavy atom. The molecule has 2 aliphatic heterocycles. The molecule has 1 saturated heterocycles. The average molecular weight is 456 g/mol. The molecule has 0 radical (unpaired) electrons. The second-order valence-electron chi connectivity index (χ2n) is 8.25. The molecule has 2 aliphatic rings. The number of amides is 3. The van der Waals surface area contributed by atoms with Crippen LogP contribution in [0.2, 0.25) is 0 Å². The summed E-state index contributed by atoms with van der Waals surface area (Å²) < 4.78 is 19.8. The lowest BCUT2D eigenvalue weighted by atomic mass is 10.0. The molecule has 2 heterocycles. The average Bonchev–Trinajstić information content (AvgIpc) is 3.11. The number of hydrogen-bond acceptors (Lipinski definition) is 7. The molecule has 2 aromatic rings. The smallest absolute Gasteiger partial charge is 0.259 e. The molecule has 10 heteroatoms. The molecule has 2 atom stereocenters. The second kappa shape index (κ2) is 9.16. The van der Waals surface area contributed by atoms with Crippen LogP contribution >= 0.6 is 0 Å². The van der Waals surface area contributed by atoms with Gasteiger partial charge in [0.05, 0.1) is 0 Å². The number of halogens is 1. The maximum absolute atomic E-state index is 14.4. The third-order valence-electron chi connectivity index (χ3n) is 5.75. The molecule has 9 nitrogen and oxygen atoms in total. The number of carbonyl (C=O) groups excluding carboxylic acids is 3. The summed E-state index contributed by atoms with van der Waals surface area (Å²) in [7, 11) is 3.29. The minimum Gasteiger partial charge on any atom is -0.451 e. The van der Waals surface area contributed by atoms with Gasteiger partial charge in [0.25, 0.3) is 12.3 Å². The van der Waals surface area contributed by atoms with E-state index in [-0.39, 0.29) is 37.7 Å². The molecule has 1 unspecified atom stereocenters. The van der Waals surface area contributed by atoms with Gasteiger partial charge in [0.2, 0.25) is 11.8 Å². The van der Waals surface area contributed by atoms with E-state index in [1.807, 2.05) is 0 Å². The number of piperidine rings is 1. The lowest BCUT2D eigenvalue weighted by Crippen LogP contribution is -2.52.